The van der Waals surface area contributed by atoms with Gasteiger partial charge in [-0.15, -0.1) is 0 Å². The van der Waals surface area contributed by atoms with Crippen LogP contribution in [0.4, 0.5) is 0 Å². The molecule has 0 aromatic carbocycles. The van der Waals surface area contributed by atoms with Crippen molar-refractivity contribution in [3.63, 3.8) is 0 Å². The maximum atomic E-state index is 13.1. The molecule has 19 heteroatoms. The Morgan fingerprint density at radius 2 is 0.574 bits per heavy atom. The lowest BCUT2D eigenvalue weighted by Gasteiger charge is -2.21. The van der Waals surface area contributed by atoms with Gasteiger partial charge < -0.3 is 33.8 Å². The molecule has 0 heterocycles. The fraction of sp³-hybridized carbons (Fsp3) is 0.840. The van der Waals surface area contributed by atoms with Gasteiger partial charge in [0.25, 0.3) is 0 Å². The van der Waals surface area contributed by atoms with Crippen LogP contribution < -0.4 is 0 Å². The summed E-state index contributed by atoms with van der Waals surface area (Å²) in [5.74, 6) is -1.43. The van der Waals surface area contributed by atoms with Crippen LogP contribution in [0.2, 0.25) is 0 Å². The maximum absolute atomic E-state index is 13.1. The maximum Gasteiger partial charge on any atom is 0.472 e. The van der Waals surface area contributed by atoms with Gasteiger partial charge in [-0.3, -0.25) is 37.3 Å². The summed E-state index contributed by atoms with van der Waals surface area (Å²) in [6.07, 6.45) is 61.1. The first-order chi connectivity index (χ1) is 45.5. The minimum absolute atomic E-state index is 0.0783. The topological polar surface area (TPSA) is 237 Å². The second-order valence-electron chi connectivity index (χ2n) is 26.1. The summed E-state index contributed by atoms with van der Waals surface area (Å²) in [6, 6.07) is 0. The zero-order chi connectivity index (χ0) is 69.1. The lowest BCUT2D eigenvalue weighted by atomic mass is 10.0. The Balaban J connectivity index is 5.33. The highest BCUT2D eigenvalue weighted by Crippen LogP contribution is 2.45. The minimum Gasteiger partial charge on any atom is -0.462 e. The SMILES string of the molecule is CCCCCC/C=C\C=C/CCCCCCCC(=O)OC[C@H](COP(=O)(O)OC[C@@H](O)COP(=O)(O)OC[C@@H](COC(=O)CCCCCCCCCCCCC)OC(=O)CCCCCCCCCCCCC(C)C)OC(=O)CCCCCCC/C=C\C=C/CCCCCC. The van der Waals surface area contributed by atoms with Gasteiger partial charge in [0.05, 0.1) is 26.4 Å². The number of aliphatic hydroxyl groups is 1. The fourth-order valence-electron chi connectivity index (χ4n) is 10.4. The van der Waals surface area contributed by atoms with Crippen LogP contribution in [-0.2, 0) is 65.4 Å². The van der Waals surface area contributed by atoms with E-state index in [2.05, 4.69) is 83.2 Å². The van der Waals surface area contributed by atoms with Crippen molar-refractivity contribution in [1.29, 1.82) is 0 Å². The van der Waals surface area contributed by atoms with Crippen molar-refractivity contribution in [1.82, 2.24) is 0 Å². The van der Waals surface area contributed by atoms with Crippen molar-refractivity contribution >= 4 is 39.5 Å². The van der Waals surface area contributed by atoms with Crippen molar-refractivity contribution in [3.8, 4) is 0 Å². The van der Waals surface area contributed by atoms with Crippen molar-refractivity contribution in [2.75, 3.05) is 39.6 Å². The molecule has 94 heavy (non-hydrogen) atoms. The van der Waals surface area contributed by atoms with Gasteiger partial charge in [-0.25, -0.2) is 9.13 Å². The molecule has 550 valence electrons. The monoisotopic (exact) mass is 1370 g/mol. The first-order valence-corrected chi connectivity index (χ1v) is 40.8. The minimum atomic E-state index is -4.97. The van der Waals surface area contributed by atoms with Crippen molar-refractivity contribution in [2.24, 2.45) is 5.92 Å². The third-order valence-corrected chi connectivity index (χ3v) is 18.2. The van der Waals surface area contributed by atoms with Crippen LogP contribution in [0.5, 0.6) is 0 Å². The summed E-state index contributed by atoms with van der Waals surface area (Å²) >= 11 is 0. The second-order valence-corrected chi connectivity index (χ2v) is 29.0. The van der Waals surface area contributed by atoms with E-state index < -0.39 is 97.5 Å². The molecule has 0 bridgehead atoms. The molecule has 0 rings (SSSR count). The van der Waals surface area contributed by atoms with Gasteiger partial charge in [0.2, 0.25) is 0 Å². The third-order valence-electron chi connectivity index (χ3n) is 16.3. The van der Waals surface area contributed by atoms with Crippen molar-refractivity contribution in [3.05, 3.63) is 48.6 Å². The smallest absolute Gasteiger partial charge is 0.462 e. The number of carbonyl (C=O) groups is 4. The van der Waals surface area contributed by atoms with Crippen molar-refractivity contribution < 1.29 is 80.2 Å². The molecular weight excluding hydrogens is 1230 g/mol. The van der Waals surface area contributed by atoms with Crippen LogP contribution in [-0.4, -0.2) is 96.7 Å². The Morgan fingerprint density at radius 1 is 0.330 bits per heavy atom. The lowest BCUT2D eigenvalue weighted by Crippen LogP contribution is -2.30. The molecule has 2 unspecified atom stereocenters. The summed E-state index contributed by atoms with van der Waals surface area (Å²) in [5, 5.41) is 10.6. The number of carbonyl (C=O) groups excluding carboxylic acids is 4. The first-order valence-electron chi connectivity index (χ1n) is 37.8. The Morgan fingerprint density at radius 3 is 0.872 bits per heavy atom. The van der Waals surface area contributed by atoms with Gasteiger partial charge in [-0.05, 0) is 83.0 Å². The molecule has 0 spiro atoms. The molecule has 0 aliphatic carbocycles. The molecule has 0 amide bonds. The Bertz CT molecular complexity index is 1990. The van der Waals surface area contributed by atoms with Crippen LogP contribution in [0.1, 0.15) is 343 Å². The zero-order valence-corrected chi connectivity index (χ0v) is 61.9. The van der Waals surface area contributed by atoms with E-state index in [0.29, 0.717) is 25.7 Å². The number of unbranched alkanes of at least 4 members (excludes halogenated alkanes) is 37. The summed E-state index contributed by atoms with van der Waals surface area (Å²) < 4.78 is 68.4. The highest BCUT2D eigenvalue weighted by molar-refractivity contribution is 7.47. The molecule has 0 saturated heterocycles. The number of esters is 4. The number of ether oxygens (including phenoxy) is 4. The van der Waals surface area contributed by atoms with E-state index in [1.165, 1.54) is 135 Å². The van der Waals surface area contributed by atoms with E-state index in [9.17, 15) is 43.2 Å². The van der Waals surface area contributed by atoms with E-state index in [4.69, 9.17) is 37.0 Å². The molecule has 0 aliphatic heterocycles. The number of phosphoric ester groups is 2. The number of hydrogen-bond donors (Lipinski definition) is 3. The van der Waals surface area contributed by atoms with Crippen LogP contribution in [0.25, 0.3) is 0 Å². The molecule has 5 atom stereocenters. The summed E-state index contributed by atoms with van der Waals surface area (Å²) in [5.41, 5.74) is 0. The Kier molecular flexibility index (Phi) is 65.1. The predicted molar refractivity (Wildman–Crippen MR) is 381 cm³/mol. The highest BCUT2D eigenvalue weighted by Gasteiger charge is 2.30. The van der Waals surface area contributed by atoms with Crippen LogP contribution in [0, 0.1) is 5.92 Å². The van der Waals surface area contributed by atoms with E-state index in [1.54, 1.807) is 0 Å². The van der Waals surface area contributed by atoms with Crippen LogP contribution in [0.15, 0.2) is 48.6 Å². The summed E-state index contributed by atoms with van der Waals surface area (Å²) in [6.45, 7) is 7.13. The molecule has 0 aromatic rings. The highest BCUT2D eigenvalue weighted by atomic mass is 31.2. The normalized spacial score (nSPS) is 14.3. The molecule has 17 nitrogen and oxygen atoms in total. The molecule has 3 N–H and O–H groups in total. The third kappa shape index (κ3) is 67.6. The first kappa shape index (κ1) is 91.0. The van der Waals surface area contributed by atoms with E-state index in [1.807, 2.05) is 0 Å². The summed E-state index contributed by atoms with van der Waals surface area (Å²) in [7, 11) is -9.93. The van der Waals surface area contributed by atoms with Gasteiger partial charge in [-0.2, -0.15) is 0 Å². The molecule has 0 aromatic heterocycles. The van der Waals surface area contributed by atoms with Gasteiger partial charge in [0.15, 0.2) is 12.2 Å². The fourth-order valence-corrected chi connectivity index (χ4v) is 12.0. The number of allylic oxidation sites excluding steroid dienone is 8. The average Bonchev–Trinajstić information content (AvgIpc) is 3.14. The van der Waals surface area contributed by atoms with Crippen LogP contribution in [0.3, 0.4) is 0 Å². The van der Waals surface area contributed by atoms with Crippen molar-refractivity contribution in [2.45, 2.75) is 361 Å². The number of phosphoric acid groups is 2. The van der Waals surface area contributed by atoms with E-state index >= 15 is 0 Å². The van der Waals surface area contributed by atoms with Gasteiger partial charge in [-0.1, -0.05) is 289 Å². The molecular formula is C75H138O17P2. The lowest BCUT2D eigenvalue weighted by molar-refractivity contribution is -0.161. The van der Waals surface area contributed by atoms with Crippen LogP contribution >= 0.6 is 15.6 Å². The number of rotatable bonds is 71. The molecule has 0 aliphatic rings. The summed E-state index contributed by atoms with van der Waals surface area (Å²) in [4.78, 5) is 72.7. The Labute approximate surface area is 572 Å². The Hall–Kier alpha value is -2.98. The quantitative estimate of drug-likeness (QED) is 0.0169. The van der Waals surface area contributed by atoms with Gasteiger partial charge in [0.1, 0.15) is 19.3 Å². The van der Waals surface area contributed by atoms with E-state index in [0.717, 1.165) is 128 Å². The molecule has 0 radical (unpaired) electrons. The standard InChI is InChI=1S/C75H138O17P2/c1-6-9-12-15-18-21-24-26-28-30-33-39-44-49-54-59-73(78)86-65-70(91-74(79)60-55-50-45-40-34-31-29-27-25-22-19-16-13-10-7-2)66-89-93(81,82)87-62-69(76)63-88-94(83,84)90-67-71(64-85-72(77)58-53-48-43-38-32-23-20-17-14-11-8-3)92-75(80)61-56-51-46-41-36-35-37-42-47-52-57-68(4)5/h21-22,24-29,68-71,76H,6-20,23,30-67H2,1-5H3,(H,81,82)(H,83,84)/b24-21-,25-22-,28-26-,29-27-/t69-,70-,71-/m1/s1. The number of hydrogen-bond acceptors (Lipinski definition) is 15. The van der Waals surface area contributed by atoms with Gasteiger partial charge >= 0.3 is 39.5 Å². The largest absolute Gasteiger partial charge is 0.472 e. The van der Waals surface area contributed by atoms with Gasteiger partial charge in [0, 0.05) is 25.7 Å². The molecule has 0 saturated carbocycles. The second kappa shape index (κ2) is 67.2. The average molecular weight is 1370 g/mol. The predicted octanol–water partition coefficient (Wildman–Crippen LogP) is 21.2. The number of aliphatic hydroxyl groups excluding tert-OH is 1. The van der Waals surface area contributed by atoms with E-state index in [-0.39, 0.29) is 25.7 Å². The zero-order valence-electron chi connectivity index (χ0n) is 60.1. The molecule has 0 fully saturated rings.